The maximum absolute atomic E-state index is 12.0. The van der Waals surface area contributed by atoms with Crippen LogP contribution < -0.4 is 5.32 Å². The summed E-state index contributed by atoms with van der Waals surface area (Å²) in [7, 11) is 0. The van der Waals surface area contributed by atoms with E-state index < -0.39 is 0 Å². The Hall–Kier alpha value is -1.00. The Morgan fingerprint density at radius 1 is 1.30 bits per heavy atom. The molecule has 4 heteroatoms. The van der Waals surface area contributed by atoms with Gasteiger partial charge in [-0.1, -0.05) is 43.7 Å². The summed E-state index contributed by atoms with van der Waals surface area (Å²) in [5.74, 6) is 0.322. The number of carbonyl (C=O) groups excluding carboxylic acids is 1. The standard InChI is InChI=1S/C16H25NO2S/c1-2-6-14(9-10-18)12-17-16(19)15(20)11-13-7-4-3-5-8-13/h3-5,7-8,14-15,18,20H,2,6,9-12H2,1H3,(H,17,19). The van der Waals surface area contributed by atoms with Gasteiger partial charge >= 0.3 is 0 Å². The second kappa shape index (κ2) is 9.83. The molecule has 3 nitrogen and oxygen atoms in total. The third-order valence-electron chi connectivity index (χ3n) is 3.37. The van der Waals surface area contributed by atoms with Crippen molar-refractivity contribution in [2.45, 2.75) is 37.9 Å². The van der Waals surface area contributed by atoms with Crippen LogP contribution in [0.4, 0.5) is 0 Å². The first-order valence-electron chi connectivity index (χ1n) is 7.28. The van der Waals surface area contributed by atoms with Gasteiger partial charge < -0.3 is 10.4 Å². The van der Waals surface area contributed by atoms with Gasteiger partial charge in [-0.2, -0.15) is 12.6 Å². The fourth-order valence-corrected chi connectivity index (χ4v) is 2.53. The summed E-state index contributed by atoms with van der Waals surface area (Å²) in [6.07, 6.45) is 3.46. The molecule has 0 bridgehead atoms. The van der Waals surface area contributed by atoms with Crippen LogP contribution in [0, 0.1) is 5.92 Å². The fraction of sp³-hybridized carbons (Fsp3) is 0.562. The van der Waals surface area contributed by atoms with Gasteiger partial charge in [0.2, 0.25) is 5.91 Å². The molecule has 0 saturated carbocycles. The van der Waals surface area contributed by atoms with Crippen molar-refractivity contribution in [3.8, 4) is 0 Å². The summed E-state index contributed by atoms with van der Waals surface area (Å²) in [6, 6.07) is 9.89. The molecular weight excluding hydrogens is 270 g/mol. The molecule has 1 aromatic carbocycles. The topological polar surface area (TPSA) is 49.3 Å². The summed E-state index contributed by atoms with van der Waals surface area (Å²) in [4.78, 5) is 12.0. The van der Waals surface area contributed by atoms with Crippen molar-refractivity contribution >= 4 is 18.5 Å². The average molecular weight is 295 g/mol. The number of nitrogens with one attached hydrogen (secondary N) is 1. The number of hydrogen-bond donors (Lipinski definition) is 3. The smallest absolute Gasteiger partial charge is 0.233 e. The fourth-order valence-electron chi connectivity index (χ4n) is 2.23. The lowest BCUT2D eigenvalue weighted by Crippen LogP contribution is -2.36. The average Bonchev–Trinajstić information content (AvgIpc) is 2.46. The normalized spacial score (nSPS) is 13.8. The van der Waals surface area contributed by atoms with Crippen molar-refractivity contribution in [1.29, 1.82) is 0 Å². The number of rotatable bonds is 9. The molecule has 2 atom stereocenters. The molecule has 0 aromatic heterocycles. The van der Waals surface area contributed by atoms with Crippen molar-refractivity contribution < 1.29 is 9.90 Å². The predicted molar refractivity (Wildman–Crippen MR) is 86.0 cm³/mol. The lowest BCUT2D eigenvalue weighted by molar-refractivity contribution is -0.120. The van der Waals surface area contributed by atoms with Crippen LogP contribution in [0.25, 0.3) is 0 Å². The molecule has 0 radical (unpaired) electrons. The van der Waals surface area contributed by atoms with Crippen LogP contribution in [0.3, 0.4) is 0 Å². The van der Waals surface area contributed by atoms with Gasteiger partial charge in [-0.3, -0.25) is 4.79 Å². The maximum Gasteiger partial charge on any atom is 0.233 e. The molecule has 2 unspecified atom stereocenters. The molecule has 1 amide bonds. The molecule has 0 aliphatic rings. The van der Waals surface area contributed by atoms with Crippen molar-refractivity contribution in [3.05, 3.63) is 35.9 Å². The van der Waals surface area contributed by atoms with Gasteiger partial charge in [0.15, 0.2) is 0 Å². The highest BCUT2D eigenvalue weighted by Gasteiger charge is 2.16. The number of amides is 1. The van der Waals surface area contributed by atoms with Crippen LogP contribution in [0.2, 0.25) is 0 Å². The lowest BCUT2D eigenvalue weighted by atomic mass is 10.00. The van der Waals surface area contributed by atoms with E-state index in [0.717, 1.165) is 24.8 Å². The number of thiol groups is 1. The van der Waals surface area contributed by atoms with E-state index in [0.29, 0.717) is 18.9 Å². The van der Waals surface area contributed by atoms with E-state index in [1.807, 2.05) is 30.3 Å². The van der Waals surface area contributed by atoms with Gasteiger partial charge in [0.05, 0.1) is 5.25 Å². The number of benzene rings is 1. The molecule has 0 saturated heterocycles. The molecule has 0 heterocycles. The third kappa shape index (κ3) is 6.44. The second-order valence-electron chi connectivity index (χ2n) is 5.12. The Labute approximate surface area is 127 Å². The largest absolute Gasteiger partial charge is 0.396 e. The van der Waals surface area contributed by atoms with Crippen LogP contribution in [-0.2, 0) is 11.2 Å². The van der Waals surface area contributed by atoms with Gasteiger partial charge in [0.25, 0.3) is 0 Å². The predicted octanol–water partition coefficient (Wildman–Crippen LogP) is 2.44. The Morgan fingerprint density at radius 3 is 2.60 bits per heavy atom. The SMILES string of the molecule is CCCC(CCO)CNC(=O)C(S)Cc1ccccc1. The Bertz CT molecular complexity index is 377. The van der Waals surface area contributed by atoms with E-state index in [9.17, 15) is 4.79 Å². The van der Waals surface area contributed by atoms with E-state index in [4.69, 9.17) is 5.11 Å². The van der Waals surface area contributed by atoms with Crippen molar-refractivity contribution in [3.63, 3.8) is 0 Å². The molecule has 0 aliphatic heterocycles. The van der Waals surface area contributed by atoms with Crippen molar-refractivity contribution in [1.82, 2.24) is 5.32 Å². The molecule has 1 rings (SSSR count). The van der Waals surface area contributed by atoms with E-state index in [1.165, 1.54) is 0 Å². The zero-order valence-electron chi connectivity index (χ0n) is 12.1. The molecule has 0 spiro atoms. The number of aliphatic hydroxyl groups excluding tert-OH is 1. The first-order chi connectivity index (χ1) is 9.67. The highest BCUT2D eigenvalue weighted by Crippen LogP contribution is 2.11. The van der Waals surface area contributed by atoms with Crippen LogP contribution in [0.1, 0.15) is 31.7 Å². The first kappa shape index (κ1) is 17.1. The minimum absolute atomic E-state index is 0.0313. The number of hydrogen-bond acceptors (Lipinski definition) is 3. The Balaban J connectivity index is 2.37. The van der Waals surface area contributed by atoms with E-state index in [2.05, 4.69) is 24.9 Å². The first-order valence-corrected chi connectivity index (χ1v) is 7.79. The zero-order chi connectivity index (χ0) is 14.8. The number of aliphatic hydroxyl groups is 1. The molecule has 20 heavy (non-hydrogen) atoms. The zero-order valence-corrected chi connectivity index (χ0v) is 13.0. The highest BCUT2D eigenvalue weighted by molar-refractivity contribution is 7.81. The molecule has 2 N–H and O–H groups in total. The third-order valence-corrected chi connectivity index (χ3v) is 3.79. The van der Waals surface area contributed by atoms with Gasteiger partial charge in [-0.25, -0.2) is 0 Å². The van der Waals surface area contributed by atoms with Crippen LogP contribution in [-0.4, -0.2) is 29.4 Å². The second-order valence-corrected chi connectivity index (χ2v) is 5.74. The van der Waals surface area contributed by atoms with Gasteiger partial charge in [-0.05, 0) is 30.7 Å². The van der Waals surface area contributed by atoms with E-state index in [1.54, 1.807) is 0 Å². The molecule has 0 fully saturated rings. The number of carbonyl (C=O) groups is 1. The molecule has 112 valence electrons. The van der Waals surface area contributed by atoms with Crippen LogP contribution >= 0.6 is 12.6 Å². The maximum atomic E-state index is 12.0. The Kier molecular flexibility index (Phi) is 8.38. The van der Waals surface area contributed by atoms with E-state index >= 15 is 0 Å². The van der Waals surface area contributed by atoms with Gasteiger partial charge in [0.1, 0.15) is 0 Å². The van der Waals surface area contributed by atoms with Gasteiger partial charge in [0, 0.05) is 13.2 Å². The lowest BCUT2D eigenvalue weighted by Gasteiger charge is -2.17. The van der Waals surface area contributed by atoms with E-state index in [-0.39, 0.29) is 17.8 Å². The minimum Gasteiger partial charge on any atom is -0.396 e. The highest BCUT2D eigenvalue weighted by atomic mass is 32.1. The molecule has 0 aliphatic carbocycles. The van der Waals surface area contributed by atoms with Crippen molar-refractivity contribution in [2.75, 3.05) is 13.2 Å². The quantitative estimate of drug-likeness (QED) is 0.613. The monoisotopic (exact) mass is 295 g/mol. The molecule has 1 aromatic rings. The Morgan fingerprint density at radius 2 is 2.00 bits per heavy atom. The summed E-state index contributed by atoms with van der Waals surface area (Å²) in [5.41, 5.74) is 1.11. The van der Waals surface area contributed by atoms with Crippen LogP contribution in [0.5, 0.6) is 0 Å². The summed E-state index contributed by atoms with van der Waals surface area (Å²) in [5, 5.41) is 11.6. The van der Waals surface area contributed by atoms with Crippen molar-refractivity contribution in [2.24, 2.45) is 5.92 Å². The summed E-state index contributed by atoms with van der Waals surface area (Å²) >= 11 is 4.38. The summed E-state index contributed by atoms with van der Waals surface area (Å²) in [6.45, 7) is 2.91. The van der Waals surface area contributed by atoms with Crippen LogP contribution in [0.15, 0.2) is 30.3 Å². The van der Waals surface area contributed by atoms with Gasteiger partial charge in [-0.15, -0.1) is 0 Å². The summed E-state index contributed by atoms with van der Waals surface area (Å²) < 4.78 is 0. The molecular formula is C16H25NO2S. The minimum atomic E-state index is -0.325.